The lowest BCUT2D eigenvalue weighted by molar-refractivity contribution is 1.06. The van der Waals surface area contributed by atoms with E-state index in [2.05, 4.69) is 123 Å². The Morgan fingerprint density at radius 2 is 1.00 bits per heavy atom. The first kappa shape index (κ1) is 28.5. The van der Waals surface area contributed by atoms with E-state index in [1.54, 1.807) is 0 Å². The molecule has 224 valence electrons. The lowest BCUT2D eigenvalue weighted by atomic mass is 9.99. The van der Waals surface area contributed by atoms with Crippen molar-refractivity contribution >= 4 is 21.8 Å². The topological polar surface area (TPSA) is 51.6 Å². The number of fused-ring (bicyclic) bond motifs is 3. The molecule has 4 nitrogen and oxygen atoms in total. The third-order valence-corrected chi connectivity index (χ3v) is 8.77. The van der Waals surface area contributed by atoms with Gasteiger partial charge in [0.05, 0.1) is 28.1 Å². The molecule has 0 aliphatic carbocycles. The van der Waals surface area contributed by atoms with Crippen molar-refractivity contribution in [1.29, 1.82) is 0 Å². The fourth-order valence-electron chi connectivity index (χ4n) is 6.19. The summed E-state index contributed by atoms with van der Waals surface area (Å²) in [5.41, 5.74) is 13.3. The van der Waals surface area contributed by atoms with E-state index in [1.165, 1.54) is 5.56 Å². The molecule has 0 N–H and O–H groups in total. The van der Waals surface area contributed by atoms with Crippen LogP contribution in [-0.4, -0.2) is 19.9 Å². The highest BCUT2D eigenvalue weighted by Gasteiger charge is 2.13. The standard InChI is InChI=1S/C43H32N4/c1-3-36-23-21-33-22-24-37-28(2)25-38(45-42(37)41(33)44-36)32-19-17-29(18-20-32)34-15-10-16-35(26-34)43-46-39(30-11-6-4-7-12-30)27-40(47-43)31-13-8-5-9-14-31/h4-27H,3H2,1-2H3. The maximum absolute atomic E-state index is 5.15. The molecule has 0 saturated heterocycles. The van der Waals surface area contributed by atoms with E-state index < -0.39 is 0 Å². The zero-order chi connectivity index (χ0) is 31.7. The van der Waals surface area contributed by atoms with Gasteiger partial charge in [-0.15, -0.1) is 0 Å². The molecule has 8 rings (SSSR count). The molecule has 3 heterocycles. The van der Waals surface area contributed by atoms with E-state index >= 15 is 0 Å². The molecule has 47 heavy (non-hydrogen) atoms. The molecule has 8 aromatic rings. The Balaban J connectivity index is 1.16. The van der Waals surface area contributed by atoms with Gasteiger partial charge in [0.25, 0.3) is 0 Å². The fraction of sp³-hybridized carbons (Fsp3) is 0.0698. The van der Waals surface area contributed by atoms with Gasteiger partial charge in [-0.2, -0.15) is 0 Å². The van der Waals surface area contributed by atoms with E-state index in [0.717, 1.165) is 84.4 Å². The van der Waals surface area contributed by atoms with Crippen LogP contribution in [0.15, 0.2) is 146 Å². The van der Waals surface area contributed by atoms with Crippen molar-refractivity contribution in [2.24, 2.45) is 0 Å². The maximum Gasteiger partial charge on any atom is 0.160 e. The van der Waals surface area contributed by atoms with Gasteiger partial charge in [0, 0.05) is 38.7 Å². The molecule has 0 unspecified atom stereocenters. The van der Waals surface area contributed by atoms with Gasteiger partial charge < -0.3 is 0 Å². The highest BCUT2D eigenvalue weighted by Crippen LogP contribution is 2.33. The van der Waals surface area contributed by atoms with E-state index in [4.69, 9.17) is 19.9 Å². The van der Waals surface area contributed by atoms with Gasteiger partial charge in [-0.1, -0.05) is 128 Å². The average molecular weight is 605 g/mol. The van der Waals surface area contributed by atoms with Crippen LogP contribution in [0.5, 0.6) is 0 Å². The quantitative estimate of drug-likeness (QED) is 0.177. The smallest absolute Gasteiger partial charge is 0.160 e. The number of hydrogen-bond donors (Lipinski definition) is 0. The highest BCUT2D eigenvalue weighted by atomic mass is 14.9. The molecular weight excluding hydrogens is 573 g/mol. The van der Waals surface area contributed by atoms with Gasteiger partial charge >= 0.3 is 0 Å². The van der Waals surface area contributed by atoms with Gasteiger partial charge in [0.15, 0.2) is 5.82 Å². The summed E-state index contributed by atoms with van der Waals surface area (Å²) in [7, 11) is 0. The van der Waals surface area contributed by atoms with Crippen molar-refractivity contribution in [3.63, 3.8) is 0 Å². The van der Waals surface area contributed by atoms with Crippen molar-refractivity contribution < 1.29 is 0 Å². The Kier molecular flexibility index (Phi) is 7.31. The molecule has 0 fully saturated rings. The number of aryl methyl sites for hydroxylation is 2. The number of benzene rings is 5. The monoisotopic (exact) mass is 604 g/mol. The first-order valence-corrected chi connectivity index (χ1v) is 16.0. The van der Waals surface area contributed by atoms with Crippen molar-refractivity contribution in [2.45, 2.75) is 20.3 Å². The van der Waals surface area contributed by atoms with Crippen LogP contribution in [0, 0.1) is 6.92 Å². The predicted octanol–water partition coefficient (Wildman–Crippen LogP) is 10.8. The molecule has 0 radical (unpaired) electrons. The van der Waals surface area contributed by atoms with Gasteiger partial charge in [0.2, 0.25) is 0 Å². The third kappa shape index (κ3) is 5.55. The summed E-state index contributed by atoms with van der Waals surface area (Å²) in [6.45, 7) is 4.29. The van der Waals surface area contributed by atoms with E-state index in [9.17, 15) is 0 Å². The molecule has 5 aromatic carbocycles. The van der Waals surface area contributed by atoms with Crippen LogP contribution in [0.4, 0.5) is 0 Å². The predicted molar refractivity (Wildman–Crippen MR) is 194 cm³/mol. The summed E-state index contributed by atoms with van der Waals surface area (Å²) in [5.74, 6) is 0.701. The number of hydrogen-bond acceptors (Lipinski definition) is 4. The Hall–Kier alpha value is -6.00. The molecule has 0 saturated carbocycles. The molecule has 0 aliphatic rings. The first-order valence-electron chi connectivity index (χ1n) is 16.0. The average Bonchev–Trinajstić information content (AvgIpc) is 3.15. The SMILES string of the molecule is CCc1ccc2ccc3c(C)cc(-c4ccc(-c5cccc(-c6nc(-c7ccccc7)cc(-c7ccccc7)n6)c5)cc4)nc3c2n1. The Labute approximate surface area is 274 Å². The summed E-state index contributed by atoms with van der Waals surface area (Å²) in [5, 5.41) is 2.26. The van der Waals surface area contributed by atoms with E-state index in [1.807, 2.05) is 36.4 Å². The number of rotatable bonds is 6. The van der Waals surface area contributed by atoms with E-state index in [-0.39, 0.29) is 0 Å². The van der Waals surface area contributed by atoms with Crippen LogP contribution in [0.3, 0.4) is 0 Å². The lowest BCUT2D eigenvalue weighted by Gasteiger charge is -2.11. The summed E-state index contributed by atoms with van der Waals surface area (Å²) in [6, 6.07) is 50.5. The highest BCUT2D eigenvalue weighted by molar-refractivity contribution is 6.04. The number of nitrogens with zero attached hydrogens (tertiary/aromatic N) is 4. The van der Waals surface area contributed by atoms with E-state index in [0.29, 0.717) is 5.82 Å². The first-order chi connectivity index (χ1) is 23.1. The summed E-state index contributed by atoms with van der Waals surface area (Å²) < 4.78 is 0. The zero-order valence-electron chi connectivity index (χ0n) is 26.4. The number of aromatic nitrogens is 4. The Morgan fingerprint density at radius 3 is 1.68 bits per heavy atom. The molecule has 4 heteroatoms. The van der Waals surface area contributed by atoms with Gasteiger partial charge in [-0.05, 0) is 54.3 Å². The Bertz CT molecular complexity index is 2320. The molecule has 0 spiro atoms. The van der Waals surface area contributed by atoms with Crippen molar-refractivity contribution in [3.05, 3.63) is 157 Å². The Morgan fingerprint density at radius 1 is 0.426 bits per heavy atom. The molecule has 3 aromatic heterocycles. The minimum atomic E-state index is 0.701. The van der Waals surface area contributed by atoms with Crippen LogP contribution in [-0.2, 0) is 6.42 Å². The van der Waals surface area contributed by atoms with Gasteiger partial charge in [-0.25, -0.2) is 15.0 Å². The largest absolute Gasteiger partial charge is 0.251 e. The summed E-state index contributed by atoms with van der Waals surface area (Å²) in [6.07, 6.45) is 0.895. The van der Waals surface area contributed by atoms with Gasteiger partial charge in [0.1, 0.15) is 0 Å². The lowest BCUT2D eigenvalue weighted by Crippen LogP contribution is -1.96. The van der Waals surface area contributed by atoms with Crippen LogP contribution in [0.25, 0.3) is 78.1 Å². The second kappa shape index (κ2) is 12.1. The maximum atomic E-state index is 5.15. The second-order valence-electron chi connectivity index (χ2n) is 11.9. The fourth-order valence-corrected chi connectivity index (χ4v) is 6.19. The van der Waals surface area contributed by atoms with Crippen LogP contribution >= 0.6 is 0 Å². The number of pyridine rings is 2. The van der Waals surface area contributed by atoms with Crippen LogP contribution in [0.2, 0.25) is 0 Å². The van der Waals surface area contributed by atoms with Crippen LogP contribution < -0.4 is 0 Å². The van der Waals surface area contributed by atoms with Gasteiger partial charge in [-0.3, -0.25) is 4.98 Å². The minimum Gasteiger partial charge on any atom is -0.251 e. The molecular formula is C43H32N4. The summed E-state index contributed by atoms with van der Waals surface area (Å²) >= 11 is 0. The van der Waals surface area contributed by atoms with Crippen molar-refractivity contribution in [3.8, 4) is 56.3 Å². The van der Waals surface area contributed by atoms with Crippen molar-refractivity contribution in [1.82, 2.24) is 19.9 Å². The molecule has 0 bridgehead atoms. The minimum absolute atomic E-state index is 0.701. The zero-order valence-corrected chi connectivity index (χ0v) is 26.4. The van der Waals surface area contributed by atoms with Crippen molar-refractivity contribution in [2.75, 3.05) is 0 Å². The normalized spacial score (nSPS) is 11.3. The molecule has 0 amide bonds. The molecule has 0 atom stereocenters. The second-order valence-corrected chi connectivity index (χ2v) is 11.9. The third-order valence-electron chi connectivity index (χ3n) is 8.77. The molecule has 0 aliphatic heterocycles. The summed E-state index contributed by atoms with van der Waals surface area (Å²) in [4.78, 5) is 20.2. The van der Waals surface area contributed by atoms with Crippen LogP contribution in [0.1, 0.15) is 18.2 Å².